The third-order valence-electron chi connectivity index (χ3n) is 11.1. The normalized spacial score (nSPS) is 15.8. The maximum absolute atomic E-state index is 12.8. The standard InChI is InChI=1S/C25H40N4O6.C22H33N5O5.C3H8/c1-4-24(32)35-15-19-8-10-20(11-9-19)28-25(33)21(7-5-6-13-26)29-23(31)17-34-16-22(30)27-14-12-18(2)3;1-22(2,9-11-28)32-12-10-26-15-18(24-25-26)13-23-21(31)17-5-3-16(4-6-17)14-27-19(29)7-8-20(27)30;1-3-2/h8-11,18,21H,4-7,12-17,26H2,1-3H3,(H,27,30)(H,28,33)(H,29,31);7-8,15-17,28H,3-6,9-14H2,1-2H3,(H,23,31);3H2,1-2H3/t21-;;/m0../s1. The van der Waals surface area contributed by atoms with Crippen molar-refractivity contribution >= 4 is 47.1 Å². The quantitative estimate of drug-likeness (QED) is 0.0398. The summed E-state index contributed by atoms with van der Waals surface area (Å²) in [5.74, 6) is -1.25. The molecule has 70 heavy (non-hydrogen) atoms. The molecule has 2 heterocycles. The topological polar surface area (TPSA) is 275 Å². The number of aromatic nitrogens is 3. The Morgan fingerprint density at radius 1 is 0.914 bits per heavy atom. The van der Waals surface area contributed by atoms with E-state index in [0.717, 1.165) is 44.1 Å². The molecule has 20 heteroatoms. The number of carbonyl (C=O) groups excluding carboxylic acids is 7. The number of ether oxygens (including phenoxy) is 3. The summed E-state index contributed by atoms with van der Waals surface area (Å²) in [6, 6.07) is 6.13. The lowest BCUT2D eigenvalue weighted by molar-refractivity contribution is -0.144. The number of rotatable bonds is 28. The summed E-state index contributed by atoms with van der Waals surface area (Å²) in [7, 11) is 0. The Balaban J connectivity index is 0.000000455. The molecular formula is C50H81N9O11. The summed E-state index contributed by atoms with van der Waals surface area (Å²) in [4.78, 5) is 85.4. The van der Waals surface area contributed by atoms with Crippen molar-refractivity contribution in [1.29, 1.82) is 0 Å². The molecule has 1 fully saturated rings. The average Bonchev–Trinajstić information content (AvgIpc) is 3.91. The largest absolute Gasteiger partial charge is 0.461 e. The Labute approximate surface area is 413 Å². The fraction of sp³-hybridized carbons (Fsp3) is 0.660. The van der Waals surface area contributed by atoms with Crippen molar-refractivity contribution in [1.82, 2.24) is 35.8 Å². The number of anilines is 1. The predicted octanol–water partition coefficient (Wildman–Crippen LogP) is 4.09. The third kappa shape index (κ3) is 25.3. The fourth-order valence-corrected chi connectivity index (χ4v) is 7.05. The molecule has 0 unspecified atom stereocenters. The van der Waals surface area contributed by atoms with Gasteiger partial charge in [-0.25, -0.2) is 4.68 Å². The number of nitrogens with zero attached hydrogens (tertiary/aromatic N) is 4. The van der Waals surface area contributed by atoms with Crippen LogP contribution in [0.15, 0.2) is 42.6 Å². The molecule has 0 spiro atoms. The van der Waals surface area contributed by atoms with Crippen molar-refractivity contribution in [2.24, 2.45) is 23.5 Å². The van der Waals surface area contributed by atoms with E-state index in [1.165, 1.54) is 23.5 Å². The molecule has 392 valence electrons. The summed E-state index contributed by atoms with van der Waals surface area (Å²) >= 11 is 0. The van der Waals surface area contributed by atoms with Gasteiger partial charge in [-0.3, -0.25) is 38.5 Å². The van der Waals surface area contributed by atoms with E-state index in [4.69, 9.17) is 25.1 Å². The molecule has 6 amide bonds. The third-order valence-corrected chi connectivity index (χ3v) is 11.1. The van der Waals surface area contributed by atoms with E-state index >= 15 is 0 Å². The minimum atomic E-state index is -0.775. The Bertz CT molecular complexity index is 1910. The van der Waals surface area contributed by atoms with E-state index < -0.39 is 11.9 Å². The van der Waals surface area contributed by atoms with Gasteiger partial charge in [0.25, 0.3) is 11.8 Å². The van der Waals surface area contributed by atoms with Crippen molar-refractivity contribution in [2.75, 3.05) is 51.4 Å². The van der Waals surface area contributed by atoms with Gasteiger partial charge in [0.1, 0.15) is 31.6 Å². The van der Waals surface area contributed by atoms with Crippen LogP contribution in [0.1, 0.15) is 130 Å². The van der Waals surface area contributed by atoms with Gasteiger partial charge < -0.3 is 46.3 Å². The molecule has 4 rings (SSSR count). The number of aliphatic hydroxyl groups excluding tert-OH is 1. The van der Waals surface area contributed by atoms with Gasteiger partial charge in [0, 0.05) is 49.9 Å². The molecule has 2 aliphatic rings. The Morgan fingerprint density at radius 2 is 1.57 bits per heavy atom. The van der Waals surface area contributed by atoms with Crippen LogP contribution in [0, 0.1) is 17.8 Å². The van der Waals surface area contributed by atoms with Crippen LogP contribution in [-0.2, 0) is 67.5 Å². The number of unbranched alkanes of at least 4 members (excludes halogenated alkanes) is 1. The van der Waals surface area contributed by atoms with E-state index in [1.54, 1.807) is 42.1 Å². The van der Waals surface area contributed by atoms with Gasteiger partial charge >= 0.3 is 5.97 Å². The molecule has 1 saturated carbocycles. The molecule has 1 aliphatic carbocycles. The number of nitrogens with two attached hydrogens (primary N) is 1. The second-order valence-electron chi connectivity index (χ2n) is 18.4. The molecule has 20 nitrogen and oxygen atoms in total. The first kappa shape index (κ1) is 60.6. The maximum atomic E-state index is 12.8. The number of carbonyl (C=O) groups is 7. The Kier molecular flexibility index (Phi) is 29.3. The fourth-order valence-electron chi connectivity index (χ4n) is 7.05. The highest BCUT2D eigenvalue weighted by Crippen LogP contribution is 2.30. The van der Waals surface area contributed by atoms with Crippen LogP contribution in [-0.4, -0.2) is 124 Å². The van der Waals surface area contributed by atoms with Crippen LogP contribution in [0.3, 0.4) is 0 Å². The second-order valence-corrected chi connectivity index (χ2v) is 18.4. The molecule has 1 aromatic heterocycles. The highest BCUT2D eigenvalue weighted by atomic mass is 16.5. The number of aliphatic hydroxyl groups is 1. The first-order valence-corrected chi connectivity index (χ1v) is 24.8. The van der Waals surface area contributed by atoms with Gasteiger partial charge in [0.2, 0.25) is 23.6 Å². The van der Waals surface area contributed by atoms with Crippen molar-refractivity contribution in [3.63, 3.8) is 0 Å². The number of benzene rings is 1. The predicted molar refractivity (Wildman–Crippen MR) is 264 cm³/mol. The van der Waals surface area contributed by atoms with Gasteiger partial charge in [-0.15, -0.1) is 5.10 Å². The van der Waals surface area contributed by atoms with Crippen LogP contribution < -0.4 is 27.0 Å². The maximum Gasteiger partial charge on any atom is 0.305 e. The van der Waals surface area contributed by atoms with Crippen molar-refractivity contribution in [2.45, 2.75) is 150 Å². The summed E-state index contributed by atoms with van der Waals surface area (Å²) in [5.41, 5.74) is 7.19. The van der Waals surface area contributed by atoms with Gasteiger partial charge in [-0.05, 0) is 108 Å². The monoisotopic (exact) mass is 984 g/mol. The van der Waals surface area contributed by atoms with Crippen LogP contribution >= 0.6 is 0 Å². The lowest BCUT2D eigenvalue weighted by Crippen LogP contribution is -2.45. The summed E-state index contributed by atoms with van der Waals surface area (Å²) in [5, 5.41) is 28.3. The van der Waals surface area contributed by atoms with Gasteiger partial charge in [0.15, 0.2) is 0 Å². The van der Waals surface area contributed by atoms with E-state index in [1.807, 2.05) is 13.8 Å². The zero-order chi connectivity index (χ0) is 51.9. The zero-order valence-corrected chi connectivity index (χ0v) is 42.6. The number of esters is 1. The molecule has 7 N–H and O–H groups in total. The number of hydrogen-bond donors (Lipinski definition) is 6. The van der Waals surface area contributed by atoms with Gasteiger partial charge in [0.05, 0.1) is 31.5 Å². The van der Waals surface area contributed by atoms with Crippen molar-refractivity contribution in [3.05, 3.63) is 53.9 Å². The molecular weight excluding hydrogens is 903 g/mol. The summed E-state index contributed by atoms with van der Waals surface area (Å²) in [6.07, 6.45) is 12.3. The van der Waals surface area contributed by atoms with E-state index in [9.17, 15) is 33.6 Å². The summed E-state index contributed by atoms with van der Waals surface area (Å²) < 4.78 is 17.7. The number of amides is 6. The molecule has 2 aromatic rings. The van der Waals surface area contributed by atoms with Gasteiger partial charge in [-0.1, -0.05) is 58.4 Å². The zero-order valence-electron chi connectivity index (χ0n) is 42.6. The molecule has 0 radical (unpaired) electrons. The average molecular weight is 984 g/mol. The van der Waals surface area contributed by atoms with Gasteiger partial charge in [-0.2, -0.15) is 0 Å². The highest BCUT2D eigenvalue weighted by Gasteiger charge is 2.31. The Hall–Kier alpha value is -5.57. The molecule has 1 atom stereocenters. The smallest absolute Gasteiger partial charge is 0.305 e. The Morgan fingerprint density at radius 3 is 2.19 bits per heavy atom. The SMILES string of the molecule is CC(C)(CCO)OCCn1cc(CNC(=O)C2CCC(CN3C(=O)C=CC3=O)CC2)nn1.CCC.CCC(=O)OCc1ccc(NC(=O)[C@H](CCCCN)NC(=O)COCC(=O)NCCC(C)C)cc1. The number of imide groups is 1. The van der Waals surface area contributed by atoms with E-state index in [-0.39, 0.29) is 79.4 Å². The highest BCUT2D eigenvalue weighted by molar-refractivity contribution is 6.12. The molecule has 1 aliphatic heterocycles. The number of hydrogen-bond acceptors (Lipinski definition) is 14. The summed E-state index contributed by atoms with van der Waals surface area (Å²) in [6.45, 7) is 16.4. The first-order valence-electron chi connectivity index (χ1n) is 24.8. The molecule has 0 bridgehead atoms. The van der Waals surface area contributed by atoms with E-state index in [2.05, 4.69) is 59.3 Å². The lowest BCUT2D eigenvalue weighted by atomic mass is 9.81. The second kappa shape index (κ2) is 33.9. The lowest BCUT2D eigenvalue weighted by Gasteiger charge is -2.29. The van der Waals surface area contributed by atoms with Crippen molar-refractivity contribution < 1.29 is 52.9 Å². The van der Waals surface area contributed by atoms with Crippen LogP contribution in [0.5, 0.6) is 0 Å². The van der Waals surface area contributed by atoms with Crippen LogP contribution in [0.4, 0.5) is 5.69 Å². The molecule has 0 saturated heterocycles. The number of nitrogens with one attached hydrogen (secondary N) is 4. The minimum Gasteiger partial charge on any atom is -0.461 e. The van der Waals surface area contributed by atoms with Crippen LogP contribution in [0.25, 0.3) is 0 Å². The van der Waals surface area contributed by atoms with Crippen molar-refractivity contribution in [3.8, 4) is 0 Å². The molecule has 1 aromatic carbocycles. The first-order chi connectivity index (χ1) is 33.4. The van der Waals surface area contributed by atoms with E-state index in [0.29, 0.717) is 82.3 Å². The minimum absolute atomic E-state index is 0.00192. The van der Waals surface area contributed by atoms with Crippen LogP contribution in [0.2, 0.25) is 0 Å².